The van der Waals surface area contributed by atoms with Gasteiger partial charge in [0.05, 0.1) is 18.7 Å². The highest BCUT2D eigenvalue weighted by molar-refractivity contribution is 5.79. The summed E-state index contributed by atoms with van der Waals surface area (Å²) in [5, 5.41) is 2.92. The Kier molecular flexibility index (Phi) is 7.96. The molecule has 2 aromatic heterocycles. The van der Waals surface area contributed by atoms with Crippen molar-refractivity contribution in [3.8, 4) is 0 Å². The van der Waals surface area contributed by atoms with E-state index in [1.165, 1.54) is 15.7 Å². The predicted octanol–water partition coefficient (Wildman–Crippen LogP) is 2.43. The summed E-state index contributed by atoms with van der Waals surface area (Å²) in [6, 6.07) is 6.02. The second-order valence-electron chi connectivity index (χ2n) is 10.3. The summed E-state index contributed by atoms with van der Waals surface area (Å²) in [6.45, 7) is 3.97. The molecule has 1 unspecified atom stereocenters. The Balaban J connectivity index is 1.21. The van der Waals surface area contributed by atoms with Crippen molar-refractivity contribution in [2.45, 2.75) is 44.6 Å². The van der Waals surface area contributed by atoms with Crippen molar-refractivity contribution in [1.29, 1.82) is 0 Å². The van der Waals surface area contributed by atoms with Crippen molar-refractivity contribution < 1.29 is 22.7 Å². The van der Waals surface area contributed by atoms with Gasteiger partial charge in [-0.3, -0.25) is 24.4 Å². The molecule has 0 spiro atoms. The molecule has 11 heteroatoms. The van der Waals surface area contributed by atoms with E-state index in [0.29, 0.717) is 24.6 Å². The highest BCUT2D eigenvalue weighted by atomic mass is 19.4. The summed E-state index contributed by atoms with van der Waals surface area (Å²) in [4.78, 5) is 33.3. The second kappa shape index (κ2) is 11.4. The second-order valence-corrected chi connectivity index (χ2v) is 10.3. The van der Waals surface area contributed by atoms with Crippen LogP contribution in [0.15, 0.2) is 53.2 Å². The van der Waals surface area contributed by atoms with Gasteiger partial charge in [-0.15, -0.1) is 0 Å². The first-order valence-electron chi connectivity index (χ1n) is 13.0. The number of halogens is 3. The van der Waals surface area contributed by atoms with Gasteiger partial charge in [-0.25, -0.2) is 0 Å². The zero-order chi connectivity index (χ0) is 26.7. The number of carbonyl (C=O) groups excluding carboxylic acids is 1. The topological polar surface area (TPSA) is 79.7 Å². The van der Waals surface area contributed by atoms with Gasteiger partial charge in [-0.05, 0) is 48.4 Å². The molecule has 2 atom stereocenters. The number of hydrogen-bond donors (Lipinski definition) is 1. The van der Waals surface area contributed by atoms with Gasteiger partial charge in [0.15, 0.2) is 0 Å². The number of fused-ring (bicyclic) bond motifs is 1. The summed E-state index contributed by atoms with van der Waals surface area (Å²) in [6.07, 6.45) is 3.71. The molecule has 0 bridgehead atoms. The SMILES string of the molecule is O=C(CN1CCn2c(cc(C(F)(F)F)cc2=O)C1)N/C=C1/CN(C2CCOC2)C[C@@H]1CCc1cccnc1. The number of ether oxygens (including phenoxy) is 1. The largest absolute Gasteiger partial charge is 0.416 e. The van der Waals surface area contributed by atoms with Crippen LogP contribution in [-0.4, -0.2) is 70.7 Å². The number of amides is 1. The fourth-order valence-corrected chi connectivity index (χ4v) is 5.55. The maximum absolute atomic E-state index is 13.2. The Morgan fingerprint density at radius 3 is 2.84 bits per heavy atom. The molecule has 5 heterocycles. The summed E-state index contributed by atoms with van der Waals surface area (Å²) >= 11 is 0. The van der Waals surface area contributed by atoms with Crippen molar-refractivity contribution in [3.63, 3.8) is 0 Å². The number of aryl methyl sites for hydroxylation is 1. The lowest BCUT2D eigenvalue weighted by Crippen LogP contribution is -2.43. The van der Waals surface area contributed by atoms with Gasteiger partial charge in [0.25, 0.3) is 5.56 Å². The van der Waals surface area contributed by atoms with E-state index in [0.717, 1.165) is 51.6 Å². The van der Waals surface area contributed by atoms with Crippen LogP contribution >= 0.6 is 0 Å². The summed E-state index contributed by atoms with van der Waals surface area (Å²) in [5.41, 5.74) is 0.985. The Morgan fingerprint density at radius 1 is 1.24 bits per heavy atom. The van der Waals surface area contributed by atoms with Crippen LogP contribution in [0.1, 0.15) is 29.7 Å². The average molecular weight is 532 g/mol. The molecule has 38 heavy (non-hydrogen) atoms. The van der Waals surface area contributed by atoms with Gasteiger partial charge in [-0.2, -0.15) is 13.2 Å². The van der Waals surface area contributed by atoms with E-state index in [1.807, 2.05) is 18.5 Å². The Hall–Kier alpha value is -3.02. The van der Waals surface area contributed by atoms with Crippen LogP contribution in [0.3, 0.4) is 0 Å². The number of nitrogens with zero attached hydrogens (tertiary/aromatic N) is 4. The standard InChI is InChI=1S/C27H32F3N5O3/c28-27(29,30)22-10-24-16-33(7-8-35(24)26(37)11-22)17-25(36)32-13-21-15-34(23-5-9-38-18-23)14-20(21)4-3-19-2-1-6-31-12-19/h1-2,6,10-13,20,23H,3-5,7-9,14-18H2,(H,32,36)/b21-13-/t20-,23?/m0/s1. The molecular weight excluding hydrogens is 499 g/mol. The van der Waals surface area contributed by atoms with Gasteiger partial charge < -0.3 is 14.6 Å². The summed E-state index contributed by atoms with van der Waals surface area (Å²) in [7, 11) is 0. The van der Waals surface area contributed by atoms with Crippen LogP contribution < -0.4 is 10.9 Å². The normalized spacial score (nSPS) is 23.6. The third-order valence-electron chi connectivity index (χ3n) is 7.64. The Morgan fingerprint density at radius 2 is 2.11 bits per heavy atom. The van der Waals surface area contributed by atoms with Crippen molar-refractivity contribution >= 4 is 5.91 Å². The van der Waals surface area contributed by atoms with E-state index in [9.17, 15) is 22.8 Å². The number of likely N-dealkylation sites (tertiary alicyclic amines) is 1. The number of hydrogen-bond acceptors (Lipinski definition) is 6. The van der Waals surface area contributed by atoms with E-state index in [1.54, 1.807) is 11.1 Å². The van der Waals surface area contributed by atoms with Gasteiger partial charge in [0, 0.05) is 75.7 Å². The molecule has 3 aliphatic rings. The van der Waals surface area contributed by atoms with Gasteiger partial charge in [0.2, 0.25) is 5.91 Å². The summed E-state index contributed by atoms with van der Waals surface area (Å²) in [5.74, 6) is 0.0690. The number of aromatic nitrogens is 2. The quantitative estimate of drug-likeness (QED) is 0.592. The fraction of sp³-hybridized carbons (Fsp3) is 0.519. The van der Waals surface area contributed by atoms with Crippen LogP contribution in [0, 0.1) is 5.92 Å². The maximum atomic E-state index is 13.2. The highest BCUT2D eigenvalue weighted by Crippen LogP contribution is 2.31. The number of carbonyl (C=O) groups is 1. The predicted molar refractivity (Wildman–Crippen MR) is 134 cm³/mol. The lowest BCUT2D eigenvalue weighted by Gasteiger charge is -2.29. The molecule has 0 radical (unpaired) electrons. The molecule has 1 amide bonds. The van der Waals surface area contributed by atoms with Gasteiger partial charge >= 0.3 is 6.18 Å². The zero-order valence-electron chi connectivity index (χ0n) is 21.1. The molecule has 2 fully saturated rings. The fourth-order valence-electron chi connectivity index (χ4n) is 5.55. The molecule has 5 rings (SSSR count). The third-order valence-corrected chi connectivity index (χ3v) is 7.64. The lowest BCUT2D eigenvalue weighted by atomic mass is 9.96. The van der Waals surface area contributed by atoms with Crippen molar-refractivity contribution in [2.75, 3.05) is 39.4 Å². The maximum Gasteiger partial charge on any atom is 0.416 e. The monoisotopic (exact) mass is 531 g/mol. The van der Waals surface area contributed by atoms with E-state index < -0.39 is 17.3 Å². The van der Waals surface area contributed by atoms with Crippen LogP contribution in [0.25, 0.3) is 0 Å². The lowest BCUT2D eigenvalue weighted by molar-refractivity contribution is -0.138. The Bertz CT molecular complexity index is 1220. The van der Waals surface area contributed by atoms with E-state index in [4.69, 9.17) is 4.74 Å². The van der Waals surface area contributed by atoms with Crippen molar-refractivity contribution in [1.82, 2.24) is 24.7 Å². The van der Waals surface area contributed by atoms with E-state index in [2.05, 4.69) is 21.3 Å². The molecular formula is C27H32F3N5O3. The summed E-state index contributed by atoms with van der Waals surface area (Å²) < 4.78 is 46.4. The first kappa shape index (κ1) is 26.6. The van der Waals surface area contributed by atoms with Crippen molar-refractivity contribution in [2.24, 2.45) is 5.92 Å². The van der Waals surface area contributed by atoms with E-state index >= 15 is 0 Å². The highest BCUT2D eigenvalue weighted by Gasteiger charge is 2.34. The molecule has 2 aromatic rings. The zero-order valence-corrected chi connectivity index (χ0v) is 21.1. The Labute approximate surface area is 219 Å². The molecule has 2 saturated heterocycles. The van der Waals surface area contributed by atoms with Crippen molar-refractivity contribution in [3.05, 3.63) is 75.6 Å². The number of rotatable bonds is 7. The number of pyridine rings is 2. The molecule has 0 aromatic carbocycles. The minimum atomic E-state index is -4.59. The van der Waals surface area contributed by atoms with Crippen LogP contribution in [0.2, 0.25) is 0 Å². The molecule has 8 nitrogen and oxygen atoms in total. The third kappa shape index (κ3) is 6.33. The smallest absolute Gasteiger partial charge is 0.380 e. The molecule has 1 N–H and O–H groups in total. The van der Waals surface area contributed by atoms with Gasteiger partial charge in [-0.1, -0.05) is 6.07 Å². The van der Waals surface area contributed by atoms with Crippen LogP contribution in [0.5, 0.6) is 0 Å². The number of alkyl halides is 3. The minimum Gasteiger partial charge on any atom is -0.380 e. The molecule has 0 aliphatic carbocycles. The number of nitrogens with one attached hydrogen (secondary N) is 1. The molecule has 0 saturated carbocycles. The molecule has 3 aliphatic heterocycles. The first-order chi connectivity index (χ1) is 18.3. The minimum absolute atomic E-state index is 0.0365. The van der Waals surface area contributed by atoms with Crippen LogP contribution in [-0.2, 0) is 35.2 Å². The van der Waals surface area contributed by atoms with Crippen LogP contribution in [0.4, 0.5) is 13.2 Å². The van der Waals surface area contributed by atoms with E-state index in [-0.39, 0.29) is 31.2 Å². The molecule has 204 valence electrons. The average Bonchev–Trinajstić information content (AvgIpc) is 3.56. The first-order valence-corrected chi connectivity index (χ1v) is 13.0. The van der Waals surface area contributed by atoms with Gasteiger partial charge in [0.1, 0.15) is 0 Å².